The molecule has 6 N–H and O–H groups in total. The van der Waals surface area contributed by atoms with Gasteiger partial charge in [0.25, 0.3) is 17.4 Å². The number of rotatable bonds is 22. The lowest BCUT2D eigenvalue weighted by atomic mass is 9.96. The van der Waals surface area contributed by atoms with E-state index in [1.165, 1.54) is 71.5 Å². The summed E-state index contributed by atoms with van der Waals surface area (Å²) in [5, 5.41) is 18.6. The summed E-state index contributed by atoms with van der Waals surface area (Å²) in [5.74, 6) is 1.17. The van der Waals surface area contributed by atoms with Crippen LogP contribution in [0.5, 0.6) is 5.75 Å². The van der Waals surface area contributed by atoms with Crippen molar-refractivity contribution >= 4 is 90.0 Å². The number of aromatic amines is 1. The molecule has 3 unspecified atom stereocenters. The zero-order chi connectivity index (χ0) is 88.7. The van der Waals surface area contributed by atoms with Crippen LogP contribution >= 0.6 is 11.5 Å². The summed E-state index contributed by atoms with van der Waals surface area (Å²) >= 11 is 1.29. The van der Waals surface area contributed by atoms with Crippen molar-refractivity contribution < 1.29 is 19.4 Å². The number of H-pyrrole nitrogens is 1. The van der Waals surface area contributed by atoms with Crippen LogP contribution in [0.3, 0.4) is 0 Å². The van der Waals surface area contributed by atoms with Crippen LogP contribution in [0.1, 0.15) is 141 Å². The molecule has 0 radical (unpaired) electrons. The van der Waals surface area contributed by atoms with Crippen molar-refractivity contribution in [1.82, 2.24) is 23.8 Å². The number of hydrogen-bond acceptors (Lipinski definition) is 16. The average molecular weight is 1720 g/mol. The number of aryl methyl sites for hydroxylation is 4. The Morgan fingerprint density at radius 2 is 1.02 bits per heavy atom. The Labute approximate surface area is 755 Å². The lowest BCUT2D eigenvalue weighted by Gasteiger charge is -2.39. The van der Waals surface area contributed by atoms with Crippen molar-refractivity contribution in [1.29, 1.82) is 0 Å². The summed E-state index contributed by atoms with van der Waals surface area (Å²) in [5.41, 5.74) is 28.2. The third-order valence-corrected chi connectivity index (χ3v) is 25.7. The number of piperidine rings is 1. The molecule has 5 aliphatic rings. The van der Waals surface area contributed by atoms with E-state index in [9.17, 15) is 24.3 Å². The highest BCUT2D eigenvalue weighted by atomic mass is 32.1. The van der Waals surface area contributed by atoms with Crippen molar-refractivity contribution in [2.75, 3.05) is 101 Å². The number of hydrogen-bond donors (Lipinski definition) is 5. The molecule has 11 aromatic carbocycles. The normalized spacial score (nSPS) is 15.6. The van der Waals surface area contributed by atoms with E-state index < -0.39 is 0 Å². The molecule has 128 heavy (non-hydrogen) atoms. The Bertz CT molecular complexity index is 6290. The van der Waals surface area contributed by atoms with Gasteiger partial charge in [-0.25, -0.2) is 4.98 Å². The summed E-state index contributed by atoms with van der Waals surface area (Å²) in [6, 6.07) is 91.1. The summed E-state index contributed by atoms with van der Waals surface area (Å²) in [7, 11) is 0. The van der Waals surface area contributed by atoms with Crippen LogP contribution in [0.2, 0.25) is 0 Å². The molecular weight excluding hydrogens is 1610 g/mol. The summed E-state index contributed by atoms with van der Waals surface area (Å²) in [6.45, 7) is 25.9. The molecule has 3 saturated heterocycles. The number of aromatic hydroxyl groups is 1. The Morgan fingerprint density at radius 3 is 1.53 bits per heavy atom. The van der Waals surface area contributed by atoms with E-state index in [-0.39, 0.29) is 52.8 Å². The number of nitrogens with zero attached hydrogens (tertiary/aromatic N) is 9. The van der Waals surface area contributed by atoms with Crippen molar-refractivity contribution in [3.63, 3.8) is 0 Å². The number of phenols is 1. The van der Waals surface area contributed by atoms with Gasteiger partial charge in [-0.2, -0.15) is 4.37 Å². The second kappa shape index (κ2) is 40.9. The van der Waals surface area contributed by atoms with Crippen LogP contribution in [0.25, 0.3) is 37.9 Å². The molecule has 3 aromatic heterocycles. The fraction of sp³-hybridized carbons (Fsp3) is 0.278. The van der Waals surface area contributed by atoms with Gasteiger partial charge in [-0.3, -0.25) is 33.5 Å². The van der Waals surface area contributed by atoms with Crippen molar-refractivity contribution in [3.05, 3.63) is 373 Å². The molecule has 19 nitrogen and oxygen atoms in total. The Hall–Kier alpha value is -13.4. The minimum atomic E-state index is -0.173. The summed E-state index contributed by atoms with van der Waals surface area (Å²) in [6.07, 6.45) is 8.80. The van der Waals surface area contributed by atoms with Gasteiger partial charge in [0.1, 0.15) is 23.9 Å². The minimum Gasteiger partial charge on any atom is -0.508 e. The Kier molecular flexibility index (Phi) is 28.2. The number of carbonyl (C=O) groups excluding carboxylic acids is 2. The number of amides is 2. The van der Waals surface area contributed by atoms with Gasteiger partial charge in [0, 0.05) is 133 Å². The number of nitrogens with two attached hydrogens (primary N) is 1. The standard InChI is InChI=1S/C29H35N5OS.C27H29N3O.C26H27N3O.C26H24N2O3/c1-19(2)26(33(17-9-16-30)22(5)24-14-12-20(3)13-15-24)27-31-28-25(21(4)32-36-28)29(35)34(27)18-23-10-7-6-8-11-23;1-20-10-12-22(13-11-20)30-26(18-21-8-4-2-5-9-21)28-25-15-14-23(19-24(25)27(30)31)29-16-6-3-7-17-29;1-19-9-11-21(12-10-19)29-25(17-20-7-3-2-4-8-20)27-24-14-13-22(18-23(24)26(29)30)28-15-5-6-16-28;29-21-8-4-7-19(16-21)25-24(15-18-5-2-1-3-6-18)27-23-10-9-20(17-22(23)26(25)30)28-11-13-31-14-12-28/h6-8,10-15,19,26H,5,9,16-18,30H2,1-4H3;2,4-5,8-15,19,26,28H,3,6-7,16-18H2,1H3;2-4,7-14,18,25,27H,5-6,15-17H2,1H3;1-10,16-17,29H,11-15H2,(H,27,30). The Balaban J connectivity index is 0.000000126. The van der Waals surface area contributed by atoms with Crippen molar-refractivity contribution in [2.24, 2.45) is 11.7 Å². The van der Waals surface area contributed by atoms with Gasteiger partial charge in [-0.1, -0.05) is 219 Å². The van der Waals surface area contributed by atoms with Crippen LogP contribution in [0.4, 0.5) is 39.8 Å². The van der Waals surface area contributed by atoms with E-state index in [0.717, 1.165) is 155 Å². The average Bonchev–Trinajstić information content (AvgIpc) is 1.15. The van der Waals surface area contributed by atoms with E-state index in [1.807, 2.05) is 137 Å². The van der Waals surface area contributed by atoms with E-state index >= 15 is 0 Å². The first kappa shape index (κ1) is 88.1. The lowest BCUT2D eigenvalue weighted by molar-refractivity contribution is 0.0967. The predicted molar refractivity (Wildman–Crippen MR) is 526 cm³/mol. The summed E-state index contributed by atoms with van der Waals surface area (Å²) in [4.78, 5) is 77.6. The molecule has 8 heterocycles. The zero-order valence-electron chi connectivity index (χ0n) is 74.1. The first-order valence-corrected chi connectivity index (χ1v) is 45.8. The van der Waals surface area contributed by atoms with E-state index in [4.69, 9.17) is 15.5 Å². The number of carbonyl (C=O) groups is 2. The molecule has 0 saturated carbocycles. The van der Waals surface area contributed by atoms with Crippen LogP contribution in [0.15, 0.2) is 289 Å². The molecule has 14 aromatic rings. The lowest BCUT2D eigenvalue weighted by Crippen LogP contribution is -2.50. The molecule has 19 rings (SSSR count). The van der Waals surface area contributed by atoms with Gasteiger partial charge in [0.05, 0.1) is 48.0 Å². The number of benzene rings is 11. The number of aromatic nitrogens is 4. The van der Waals surface area contributed by atoms with Crippen LogP contribution in [-0.2, 0) is 30.5 Å². The highest BCUT2D eigenvalue weighted by molar-refractivity contribution is 7.12. The molecule has 2 amide bonds. The third kappa shape index (κ3) is 20.5. The topological polar surface area (TPSA) is 214 Å². The molecule has 0 bridgehead atoms. The van der Waals surface area contributed by atoms with Crippen LogP contribution < -0.4 is 51.9 Å². The second-order valence-corrected chi connectivity index (χ2v) is 35.2. The predicted octanol–water partition coefficient (Wildman–Crippen LogP) is 20.7. The van der Waals surface area contributed by atoms with Crippen LogP contribution in [-0.4, -0.2) is 119 Å². The third-order valence-electron chi connectivity index (χ3n) is 24.9. The fourth-order valence-electron chi connectivity index (χ4n) is 18.1. The van der Waals surface area contributed by atoms with Gasteiger partial charge in [-0.05, 0) is 215 Å². The number of pyridine rings is 1. The molecule has 5 aliphatic heterocycles. The maximum atomic E-state index is 13.9. The highest BCUT2D eigenvalue weighted by Crippen LogP contribution is 2.40. The molecular formula is C108H115N13O6S. The minimum absolute atomic E-state index is 0.0274. The number of morpholine rings is 1. The molecule has 0 aliphatic carbocycles. The summed E-state index contributed by atoms with van der Waals surface area (Å²) < 4.78 is 11.7. The van der Waals surface area contributed by atoms with E-state index in [0.29, 0.717) is 66.0 Å². The maximum Gasteiger partial charge on any atom is 0.264 e. The maximum absolute atomic E-state index is 13.9. The SMILES string of the molecule is C=C(c1ccc(C)cc1)N(CCCN)C(c1nc2snc(C)c2c(=O)n1Cc1ccccc1)C(C)C.Cc1ccc(N2C(=O)c3cc(N4CCCC4)ccc3NC2Cc2ccccc2)cc1.Cc1ccc(N2C(=O)c3cc(N4CCCCC4)ccc3NC2Cc2ccccc2)cc1.O=c1c(-c2cccc(O)c2)c(Cc2ccccc2)[nH]c2ccc(N3CCOCC3)cc12. The van der Waals surface area contributed by atoms with Crippen molar-refractivity contribution in [3.8, 4) is 16.9 Å². The Morgan fingerprint density at radius 1 is 0.539 bits per heavy atom. The van der Waals surface area contributed by atoms with Gasteiger partial charge in [0.15, 0.2) is 10.3 Å². The number of anilines is 7. The number of phenolic OH excluding ortho intramolecular Hbond substituents is 1. The smallest absolute Gasteiger partial charge is 0.264 e. The number of ether oxygens (including phenoxy) is 1. The monoisotopic (exact) mass is 1720 g/mol. The quantitative estimate of drug-likeness (QED) is 0.0427. The molecule has 3 atom stereocenters. The molecule has 3 fully saturated rings. The molecule has 20 heteroatoms. The molecule has 654 valence electrons. The van der Waals surface area contributed by atoms with Crippen molar-refractivity contribution in [2.45, 2.75) is 124 Å². The fourth-order valence-corrected chi connectivity index (χ4v) is 18.8. The first-order chi connectivity index (χ1) is 62.4. The van der Waals surface area contributed by atoms with Gasteiger partial charge >= 0.3 is 0 Å². The largest absolute Gasteiger partial charge is 0.508 e. The first-order valence-electron chi connectivity index (χ1n) is 45.1. The van der Waals surface area contributed by atoms with Crippen LogP contribution in [0, 0.1) is 33.6 Å². The number of fused-ring (bicyclic) bond motifs is 4. The number of nitrogens with one attached hydrogen (secondary N) is 3. The van der Waals surface area contributed by atoms with Gasteiger partial charge in [0.2, 0.25) is 0 Å². The van der Waals surface area contributed by atoms with Gasteiger partial charge < -0.3 is 50.8 Å². The molecule has 0 spiro atoms. The highest BCUT2D eigenvalue weighted by Gasteiger charge is 2.37. The zero-order valence-corrected chi connectivity index (χ0v) is 75.0. The van der Waals surface area contributed by atoms with Gasteiger partial charge in [-0.15, -0.1) is 0 Å². The second-order valence-electron chi connectivity index (χ2n) is 34.4. The van der Waals surface area contributed by atoms with E-state index in [1.54, 1.807) is 18.2 Å². The van der Waals surface area contributed by atoms with E-state index in [2.05, 4.69) is 220 Å².